The molecule has 1 saturated carbocycles. The zero-order valence-electron chi connectivity index (χ0n) is 12.0. The smallest absolute Gasteiger partial charge is 0.254 e. The van der Waals surface area contributed by atoms with E-state index in [4.69, 9.17) is 10.5 Å². The van der Waals surface area contributed by atoms with Gasteiger partial charge in [0.2, 0.25) is 0 Å². The van der Waals surface area contributed by atoms with Crippen LogP contribution in [0.25, 0.3) is 0 Å². The fraction of sp³-hybridized carbons (Fsp3) is 0.562. The Morgan fingerprint density at radius 3 is 2.90 bits per heavy atom. The third kappa shape index (κ3) is 2.52. The lowest BCUT2D eigenvalue weighted by atomic mass is 9.89. The number of fused-ring (bicyclic) bond motifs is 1. The fourth-order valence-electron chi connectivity index (χ4n) is 3.45. The molecule has 1 aromatic rings. The molecule has 0 bridgehead atoms. The van der Waals surface area contributed by atoms with Crippen LogP contribution in [0.3, 0.4) is 0 Å². The van der Waals surface area contributed by atoms with Gasteiger partial charge in [0.05, 0.1) is 18.8 Å². The molecular weight excluding hydrogens is 252 g/mol. The van der Waals surface area contributed by atoms with Gasteiger partial charge in [0.25, 0.3) is 5.91 Å². The Bertz CT molecular complexity index is 493. The summed E-state index contributed by atoms with van der Waals surface area (Å²) < 4.78 is 5.83. The highest BCUT2D eigenvalue weighted by atomic mass is 16.5. The zero-order chi connectivity index (χ0) is 14.1. The highest BCUT2D eigenvalue weighted by molar-refractivity contribution is 5.95. The van der Waals surface area contributed by atoms with Crippen molar-refractivity contribution in [3.8, 4) is 0 Å². The number of hydrogen-bond acceptors (Lipinski definition) is 3. The van der Waals surface area contributed by atoms with Crippen molar-refractivity contribution in [2.24, 2.45) is 0 Å². The molecule has 2 unspecified atom stereocenters. The first-order valence-corrected chi connectivity index (χ1v) is 7.45. The number of nitrogens with two attached hydrogens (primary N) is 1. The monoisotopic (exact) mass is 274 g/mol. The number of amides is 1. The summed E-state index contributed by atoms with van der Waals surface area (Å²) in [6.07, 6.45) is 4.75. The van der Waals surface area contributed by atoms with Crippen molar-refractivity contribution in [3.05, 3.63) is 29.3 Å². The van der Waals surface area contributed by atoms with Crippen LogP contribution in [-0.2, 0) is 4.74 Å². The Kier molecular flexibility index (Phi) is 3.66. The van der Waals surface area contributed by atoms with Gasteiger partial charge in [-0.05, 0) is 43.5 Å². The van der Waals surface area contributed by atoms with Gasteiger partial charge in [-0.1, -0.05) is 12.8 Å². The van der Waals surface area contributed by atoms with Gasteiger partial charge >= 0.3 is 0 Å². The van der Waals surface area contributed by atoms with Crippen molar-refractivity contribution in [2.75, 3.05) is 18.9 Å². The van der Waals surface area contributed by atoms with Crippen LogP contribution in [0.15, 0.2) is 18.2 Å². The predicted octanol–water partition coefficient (Wildman–Crippen LogP) is 2.36. The summed E-state index contributed by atoms with van der Waals surface area (Å²) in [5.74, 6) is 0.0978. The molecule has 1 aliphatic heterocycles. The van der Waals surface area contributed by atoms with E-state index in [1.54, 1.807) is 6.07 Å². The highest BCUT2D eigenvalue weighted by Crippen LogP contribution is 2.29. The van der Waals surface area contributed by atoms with Gasteiger partial charge in [0.1, 0.15) is 0 Å². The molecule has 108 valence electrons. The number of rotatable bonds is 1. The van der Waals surface area contributed by atoms with E-state index in [0.29, 0.717) is 24.4 Å². The molecular formula is C16H22N2O2. The van der Waals surface area contributed by atoms with Crippen molar-refractivity contribution in [1.29, 1.82) is 0 Å². The molecule has 1 saturated heterocycles. The van der Waals surface area contributed by atoms with E-state index in [9.17, 15) is 4.79 Å². The first-order valence-electron chi connectivity index (χ1n) is 7.45. The number of aryl methyl sites for hydroxylation is 1. The molecule has 4 nitrogen and oxygen atoms in total. The maximum absolute atomic E-state index is 12.8. The molecule has 1 heterocycles. The topological polar surface area (TPSA) is 55.6 Å². The zero-order valence-corrected chi connectivity index (χ0v) is 12.0. The lowest BCUT2D eigenvalue weighted by Crippen LogP contribution is -2.54. The summed E-state index contributed by atoms with van der Waals surface area (Å²) in [5, 5.41) is 0. The molecule has 1 aromatic carbocycles. The van der Waals surface area contributed by atoms with Gasteiger partial charge in [-0.2, -0.15) is 0 Å². The van der Waals surface area contributed by atoms with Crippen molar-refractivity contribution in [3.63, 3.8) is 0 Å². The van der Waals surface area contributed by atoms with Crippen molar-refractivity contribution < 1.29 is 9.53 Å². The van der Waals surface area contributed by atoms with Crippen molar-refractivity contribution in [1.82, 2.24) is 4.90 Å². The summed E-state index contributed by atoms with van der Waals surface area (Å²) >= 11 is 0. The normalized spacial score (nSPS) is 26.1. The quantitative estimate of drug-likeness (QED) is 0.800. The van der Waals surface area contributed by atoms with Crippen LogP contribution in [0.2, 0.25) is 0 Å². The van der Waals surface area contributed by atoms with Gasteiger partial charge in [0, 0.05) is 17.8 Å². The average Bonchev–Trinajstić information content (AvgIpc) is 2.45. The number of hydrogen-bond donors (Lipinski definition) is 1. The number of benzene rings is 1. The highest BCUT2D eigenvalue weighted by Gasteiger charge is 2.36. The lowest BCUT2D eigenvalue weighted by molar-refractivity contribution is -0.0752. The van der Waals surface area contributed by atoms with Crippen LogP contribution >= 0.6 is 0 Å². The van der Waals surface area contributed by atoms with Gasteiger partial charge in [-0.15, -0.1) is 0 Å². The minimum atomic E-state index is 0.0978. The molecule has 2 N–H and O–H groups in total. The van der Waals surface area contributed by atoms with Crippen LogP contribution in [0.5, 0.6) is 0 Å². The summed E-state index contributed by atoms with van der Waals surface area (Å²) in [7, 11) is 0. The van der Waals surface area contributed by atoms with E-state index < -0.39 is 0 Å². The van der Waals surface area contributed by atoms with Crippen LogP contribution in [0, 0.1) is 6.92 Å². The molecule has 20 heavy (non-hydrogen) atoms. The summed E-state index contributed by atoms with van der Waals surface area (Å²) in [6, 6.07) is 5.83. The largest absolute Gasteiger partial charge is 0.399 e. The number of ether oxygens (including phenoxy) is 1. The van der Waals surface area contributed by atoms with E-state index in [0.717, 1.165) is 18.4 Å². The Balaban J connectivity index is 1.84. The van der Waals surface area contributed by atoms with E-state index in [1.165, 1.54) is 12.8 Å². The molecule has 0 radical (unpaired) electrons. The minimum absolute atomic E-state index is 0.0978. The third-order valence-corrected chi connectivity index (χ3v) is 4.34. The number of carbonyl (C=O) groups excluding carboxylic acids is 1. The number of nitrogen functional groups attached to an aromatic ring is 1. The second-order valence-corrected chi connectivity index (χ2v) is 5.89. The Labute approximate surface area is 119 Å². The maximum Gasteiger partial charge on any atom is 0.254 e. The van der Waals surface area contributed by atoms with E-state index in [2.05, 4.69) is 0 Å². The summed E-state index contributed by atoms with van der Waals surface area (Å²) in [4.78, 5) is 14.8. The van der Waals surface area contributed by atoms with Gasteiger partial charge < -0.3 is 15.4 Å². The standard InChI is InChI=1S/C16H22N2O2/c1-11-8-12(10-13(17)9-11)16(19)18-6-7-20-15-5-3-2-4-14(15)18/h8-10,14-15H,2-7,17H2,1H3. The van der Waals surface area contributed by atoms with Gasteiger partial charge in [-0.3, -0.25) is 4.79 Å². The molecule has 1 amide bonds. The maximum atomic E-state index is 12.8. The second-order valence-electron chi connectivity index (χ2n) is 5.89. The molecule has 3 rings (SSSR count). The Morgan fingerprint density at radius 2 is 2.10 bits per heavy atom. The van der Waals surface area contributed by atoms with E-state index in [1.807, 2.05) is 24.0 Å². The first-order chi connectivity index (χ1) is 9.65. The van der Waals surface area contributed by atoms with Crippen LogP contribution < -0.4 is 5.73 Å². The fourth-order valence-corrected chi connectivity index (χ4v) is 3.45. The van der Waals surface area contributed by atoms with Crippen LogP contribution in [-0.4, -0.2) is 36.1 Å². The number of anilines is 1. The summed E-state index contributed by atoms with van der Waals surface area (Å²) in [6.45, 7) is 3.30. The van der Waals surface area contributed by atoms with E-state index in [-0.39, 0.29) is 18.1 Å². The molecule has 2 aliphatic rings. The Morgan fingerprint density at radius 1 is 1.30 bits per heavy atom. The van der Waals surface area contributed by atoms with Gasteiger partial charge in [0.15, 0.2) is 0 Å². The SMILES string of the molecule is Cc1cc(N)cc(C(=O)N2CCOC3CCCCC32)c1. The molecule has 2 atom stereocenters. The average molecular weight is 274 g/mol. The predicted molar refractivity (Wildman–Crippen MR) is 78.6 cm³/mol. The number of nitrogens with zero attached hydrogens (tertiary/aromatic N) is 1. The number of morpholine rings is 1. The molecule has 2 fully saturated rings. The minimum Gasteiger partial charge on any atom is -0.399 e. The second kappa shape index (κ2) is 5.44. The van der Waals surface area contributed by atoms with Crippen LogP contribution in [0.1, 0.15) is 41.6 Å². The van der Waals surface area contributed by atoms with E-state index >= 15 is 0 Å². The molecule has 4 heteroatoms. The van der Waals surface area contributed by atoms with Gasteiger partial charge in [-0.25, -0.2) is 0 Å². The molecule has 1 aliphatic carbocycles. The van der Waals surface area contributed by atoms with Crippen molar-refractivity contribution in [2.45, 2.75) is 44.8 Å². The molecule has 0 aromatic heterocycles. The Hall–Kier alpha value is -1.55. The third-order valence-electron chi connectivity index (χ3n) is 4.34. The lowest BCUT2D eigenvalue weighted by Gasteiger charge is -2.43. The molecule has 0 spiro atoms. The first kappa shape index (κ1) is 13.4. The summed E-state index contributed by atoms with van der Waals surface area (Å²) in [5.41, 5.74) is 8.25. The van der Waals surface area contributed by atoms with Crippen molar-refractivity contribution >= 4 is 11.6 Å². The number of carbonyl (C=O) groups is 1. The van der Waals surface area contributed by atoms with Crippen LogP contribution in [0.4, 0.5) is 5.69 Å².